The van der Waals surface area contributed by atoms with Crippen molar-refractivity contribution in [2.24, 2.45) is 0 Å². The van der Waals surface area contributed by atoms with Gasteiger partial charge in [-0.05, 0) is 0 Å². The maximum absolute atomic E-state index is 9.62. The van der Waals surface area contributed by atoms with Crippen LogP contribution < -0.4 is 24.8 Å². The second-order valence-corrected chi connectivity index (χ2v) is 0.202. The molecule has 0 saturated carbocycles. The Kier molecular flexibility index (Phi) is 164. The van der Waals surface area contributed by atoms with E-state index >= 15 is 0 Å². The van der Waals surface area contributed by atoms with Crippen LogP contribution in [0.2, 0.25) is 0 Å². The van der Waals surface area contributed by atoms with Crippen molar-refractivity contribution in [2.45, 2.75) is 0 Å². The quantitative estimate of drug-likeness (QED) is 0.327. The molecule has 8 heavy (non-hydrogen) atoms. The Morgan fingerprint density at radius 3 is 0.625 bits per heavy atom. The molecule has 0 aromatic carbocycles. The molecule has 0 nitrogen and oxygen atoms in total. The summed E-state index contributed by atoms with van der Waals surface area (Å²) in [4.78, 5) is 0. The van der Waals surface area contributed by atoms with E-state index in [4.69, 9.17) is 0 Å². The van der Waals surface area contributed by atoms with E-state index in [0.29, 0.717) is 0 Å². The van der Waals surface area contributed by atoms with Crippen molar-refractivity contribution in [1.29, 1.82) is 0 Å². The highest BCUT2D eigenvalue weighted by atomic mass is 35.5. The van der Waals surface area contributed by atoms with E-state index in [1.807, 2.05) is 0 Å². The van der Waals surface area contributed by atoms with Gasteiger partial charge in [-0.15, -0.1) is 0 Å². The molecule has 0 radical (unpaired) electrons. The van der Waals surface area contributed by atoms with Gasteiger partial charge in [-0.2, -0.15) is 0 Å². The van der Waals surface area contributed by atoms with E-state index < -0.39 is 13.9 Å². The van der Waals surface area contributed by atoms with Crippen LogP contribution in [0.4, 0.5) is 17.6 Å². The maximum atomic E-state index is 9.62. The lowest BCUT2D eigenvalue weighted by Crippen LogP contribution is -3.00. The van der Waals surface area contributed by atoms with Gasteiger partial charge in [-0.3, -0.25) is 0 Å². The summed E-state index contributed by atoms with van der Waals surface area (Å²) in [5, 5.41) is 0. The lowest BCUT2D eigenvalue weighted by atomic mass is 11.7. The number of rotatable bonds is 0. The average molecular weight is 175 g/mol. The zero-order valence-electron chi connectivity index (χ0n) is 3.68. The third-order valence-electron chi connectivity index (χ3n) is 0. The van der Waals surface area contributed by atoms with E-state index in [9.17, 15) is 17.6 Å². The molecule has 0 spiro atoms. The molecule has 56 valence electrons. The molecule has 0 N–H and O–H groups in total. The van der Waals surface area contributed by atoms with E-state index in [-0.39, 0.29) is 24.8 Å². The standard InChI is InChI=1S/2CH2F2.2ClH/c2*2-1-3;;/h2*1H2;2*1H/p-2. The molecule has 0 bridgehead atoms. The Morgan fingerprint density at radius 2 is 0.625 bits per heavy atom. The normalized spacial score (nSPS) is 4.50. The van der Waals surface area contributed by atoms with Crippen LogP contribution in [0.1, 0.15) is 0 Å². The fraction of sp³-hybridized carbons (Fsp3) is 1.00. The number of halogens is 6. The molecule has 0 aliphatic rings. The largest absolute Gasteiger partial charge is 1.00 e. The van der Waals surface area contributed by atoms with E-state index in [1.165, 1.54) is 0 Å². The van der Waals surface area contributed by atoms with Gasteiger partial charge in [-0.25, -0.2) is 17.6 Å². The SMILES string of the molecule is FCF.FCF.[Cl-].[Cl-]. The number of hydrogen-bond acceptors (Lipinski definition) is 0. The van der Waals surface area contributed by atoms with Crippen LogP contribution in [-0.2, 0) is 0 Å². The number of alkyl halides is 4. The fourth-order valence-electron chi connectivity index (χ4n) is 0. The molecular weight excluding hydrogens is 171 g/mol. The molecule has 0 saturated heterocycles. The smallest absolute Gasteiger partial charge is 0.229 e. The molecule has 6 heteroatoms. The minimum atomic E-state index is -1.75. The van der Waals surface area contributed by atoms with Gasteiger partial charge in [0, 0.05) is 0 Å². The summed E-state index contributed by atoms with van der Waals surface area (Å²) in [6.45, 7) is -3.50. The van der Waals surface area contributed by atoms with E-state index in [2.05, 4.69) is 0 Å². The zero-order valence-corrected chi connectivity index (χ0v) is 5.19. The summed E-state index contributed by atoms with van der Waals surface area (Å²) in [6, 6.07) is 0. The molecule has 0 aromatic rings. The third kappa shape index (κ3) is 1970. The highest BCUT2D eigenvalue weighted by Gasteiger charge is 1.44. The molecule has 0 heterocycles. The summed E-state index contributed by atoms with van der Waals surface area (Å²) in [7, 11) is 0. The molecule has 0 unspecified atom stereocenters. The second-order valence-electron chi connectivity index (χ2n) is 0.202. The minimum Gasteiger partial charge on any atom is -1.00 e. The van der Waals surface area contributed by atoms with Gasteiger partial charge < -0.3 is 24.8 Å². The van der Waals surface area contributed by atoms with Crippen molar-refractivity contribution in [3.63, 3.8) is 0 Å². The maximum Gasteiger partial charge on any atom is 0.229 e. The second kappa shape index (κ2) is 54.8. The van der Waals surface area contributed by atoms with Gasteiger partial charge in [0.2, 0.25) is 13.9 Å². The first-order valence-corrected chi connectivity index (χ1v) is 1.07. The third-order valence-corrected chi connectivity index (χ3v) is 0. The van der Waals surface area contributed by atoms with Gasteiger partial charge in [0.1, 0.15) is 0 Å². The topological polar surface area (TPSA) is 0 Å². The predicted octanol–water partition coefficient (Wildman–Crippen LogP) is -4.23. The first-order chi connectivity index (χ1) is 2.83. The highest BCUT2D eigenvalue weighted by Crippen LogP contribution is 1.56. The Labute approximate surface area is 57.1 Å². The highest BCUT2D eigenvalue weighted by molar-refractivity contribution is 3.57. The zero-order chi connectivity index (χ0) is 5.41. The monoisotopic (exact) mass is 174 g/mol. The van der Waals surface area contributed by atoms with Gasteiger partial charge >= 0.3 is 0 Å². The minimum absolute atomic E-state index is 0. The fourth-order valence-corrected chi connectivity index (χ4v) is 0. The van der Waals surface area contributed by atoms with Crippen LogP contribution in [0.15, 0.2) is 0 Å². The molecule has 0 aliphatic heterocycles. The molecule has 0 atom stereocenters. The lowest BCUT2D eigenvalue weighted by molar-refractivity contribution is -0.00100. The molecule has 0 amide bonds. The van der Waals surface area contributed by atoms with Gasteiger partial charge in [-0.1, -0.05) is 0 Å². The summed E-state index contributed by atoms with van der Waals surface area (Å²) >= 11 is 0. The van der Waals surface area contributed by atoms with Crippen molar-refractivity contribution in [1.82, 2.24) is 0 Å². The first kappa shape index (κ1) is 23.9. The van der Waals surface area contributed by atoms with Crippen molar-refractivity contribution < 1.29 is 42.4 Å². The van der Waals surface area contributed by atoms with Crippen LogP contribution in [0.25, 0.3) is 0 Å². The van der Waals surface area contributed by atoms with Crippen molar-refractivity contribution in [2.75, 3.05) is 13.9 Å². The summed E-state index contributed by atoms with van der Waals surface area (Å²) in [5.41, 5.74) is 0. The van der Waals surface area contributed by atoms with E-state index in [0.717, 1.165) is 0 Å². The predicted molar refractivity (Wildman–Crippen MR) is 14.2 cm³/mol. The van der Waals surface area contributed by atoms with Gasteiger partial charge in [0.05, 0.1) is 0 Å². The molecular formula is C2H4Cl2F4-2. The molecule has 0 rings (SSSR count). The molecule has 0 aromatic heterocycles. The summed E-state index contributed by atoms with van der Waals surface area (Å²) < 4.78 is 38.5. The van der Waals surface area contributed by atoms with Crippen LogP contribution in [0.5, 0.6) is 0 Å². The summed E-state index contributed by atoms with van der Waals surface area (Å²) in [5.74, 6) is 0. The summed E-state index contributed by atoms with van der Waals surface area (Å²) in [6.07, 6.45) is 0. The molecule has 0 aliphatic carbocycles. The number of hydrogen-bond donors (Lipinski definition) is 0. The van der Waals surface area contributed by atoms with Crippen molar-refractivity contribution in [3.8, 4) is 0 Å². The van der Waals surface area contributed by atoms with Crippen LogP contribution in [0.3, 0.4) is 0 Å². The molecule has 0 fully saturated rings. The van der Waals surface area contributed by atoms with Crippen LogP contribution in [-0.4, -0.2) is 13.9 Å². The van der Waals surface area contributed by atoms with Crippen molar-refractivity contribution in [3.05, 3.63) is 0 Å². The van der Waals surface area contributed by atoms with Crippen LogP contribution in [0, 0.1) is 0 Å². The first-order valence-electron chi connectivity index (χ1n) is 1.07. The Hall–Kier alpha value is 0.300. The lowest BCUT2D eigenvalue weighted by Gasteiger charge is -1.42. The average Bonchev–Trinajstić information content (AvgIpc) is 1.39. The van der Waals surface area contributed by atoms with E-state index in [1.54, 1.807) is 0 Å². The van der Waals surface area contributed by atoms with Crippen molar-refractivity contribution >= 4 is 0 Å². The Balaban J connectivity index is -0.0000000160. The Morgan fingerprint density at radius 1 is 0.625 bits per heavy atom. The van der Waals surface area contributed by atoms with Gasteiger partial charge in [0.15, 0.2) is 0 Å². The van der Waals surface area contributed by atoms with Gasteiger partial charge in [0.25, 0.3) is 0 Å². The van der Waals surface area contributed by atoms with Crippen LogP contribution >= 0.6 is 0 Å². The Bertz CT molecular complexity index is 14.0.